The Balaban J connectivity index is 1.94. The van der Waals surface area contributed by atoms with Gasteiger partial charge in [-0.1, -0.05) is 6.07 Å². The van der Waals surface area contributed by atoms with Crippen LogP contribution in [0.15, 0.2) is 24.3 Å². The molecule has 0 saturated carbocycles. The minimum absolute atomic E-state index is 0.126. The van der Waals surface area contributed by atoms with Gasteiger partial charge >= 0.3 is 6.09 Å². The van der Waals surface area contributed by atoms with Crippen molar-refractivity contribution in [3.05, 3.63) is 29.8 Å². The van der Waals surface area contributed by atoms with Crippen LogP contribution in [0, 0.1) is 11.3 Å². The van der Waals surface area contributed by atoms with Crippen molar-refractivity contribution in [2.75, 3.05) is 18.4 Å². The van der Waals surface area contributed by atoms with E-state index in [0.29, 0.717) is 12.1 Å². The lowest BCUT2D eigenvalue weighted by atomic mass is 10.2. The first-order valence-electron chi connectivity index (χ1n) is 7.63. The first-order chi connectivity index (χ1) is 10.4. The second-order valence-corrected chi connectivity index (χ2v) is 6.54. The van der Waals surface area contributed by atoms with Gasteiger partial charge in [0.15, 0.2) is 0 Å². The molecule has 0 radical (unpaired) electrons. The van der Waals surface area contributed by atoms with Gasteiger partial charge in [-0.15, -0.1) is 0 Å². The highest BCUT2D eigenvalue weighted by Gasteiger charge is 2.31. The van der Waals surface area contributed by atoms with Gasteiger partial charge in [-0.25, -0.2) is 4.79 Å². The zero-order valence-corrected chi connectivity index (χ0v) is 13.4. The van der Waals surface area contributed by atoms with Crippen LogP contribution in [0.1, 0.15) is 39.2 Å². The molecule has 0 spiro atoms. The van der Waals surface area contributed by atoms with E-state index in [9.17, 15) is 4.79 Å². The molecule has 1 heterocycles. The summed E-state index contributed by atoms with van der Waals surface area (Å²) >= 11 is 0. The highest BCUT2D eigenvalue weighted by Crippen LogP contribution is 2.21. The maximum Gasteiger partial charge on any atom is 0.410 e. The fourth-order valence-corrected chi connectivity index (χ4v) is 2.54. The summed E-state index contributed by atoms with van der Waals surface area (Å²) in [5, 5.41) is 12.2. The predicted octanol–water partition coefficient (Wildman–Crippen LogP) is 3.37. The number of carbonyl (C=O) groups is 1. The quantitative estimate of drug-likeness (QED) is 0.929. The number of nitrogens with zero attached hydrogens (tertiary/aromatic N) is 2. The number of hydrogen-bond acceptors (Lipinski definition) is 4. The summed E-state index contributed by atoms with van der Waals surface area (Å²) in [6.07, 6.45) is 1.70. The molecule has 1 aliphatic rings. The molecule has 1 unspecified atom stereocenters. The molecule has 1 fully saturated rings. The SMILES string of the molecule is CC(C)(C)OC(=O)N1CCCC1CNc1cccc(C#N)c1. The van der Waals surface area contributed by atoms with Crippen molar-refractivity contribution in [3.63, 3.8) is 0 Å². The number of hydrogen-bond donors (Lipinski definition) is 1. The van der Waals surface area contributed by atoms with Crippen molar-refractivity contribution in [2.24, 2.45) is 0 Å². The maximum absolute atomic E-state index is 12.2. The first-order valence-corrected chi connectivity index (χ1v) is 7.63. The number of likely N-dealkylation sites (tertiary alicyclic amines) is 1. The molecule has 0 bridgehead atoms. The molecule has 0 aliphatic carbocycles. The third-order valence-electron chi connectivity index (χ3n) is 3.54. The number of nitrogens with one attached hydrogen (secondary N) is 1. The van der Waals surface area contributed by atoms with E-state index in [1.807, 2.05) is 39.0 Å². The minimum atomic E-state index is -0.473. The second kappa shape index (κ2) is 6.69. The van der Waals surface area contributed by atoms with Gasteiger partial charge in [0.25, 0.3) is 0 Å². The Morgan fingerprint density at radius 2 is 2.27 bits per heavy atom. The van der Waals surface area contributed by atoms with Crippen LogP contribution in [0.25, 0.3) is 0 Å². The lowest BCUT2D eigenvalue weighted by Crippen LogP contribution is -2.42. The fraction of sp³-hybridized carbons (Fsp3) is 0.529. The van der Waals surface area contributed by atoms with E-state index in [1.54, 1.807) is 11.0 Å². The number of ether oxygens (including phenoxy) is 1. The molecule has 1 aromatic rings. The molecule has 0 aromatic heterocycles. The lowest BCUT2D eigenvalue weighted by molar-refractivity contribution is 0.0235. The van der Waals surface area contributed by atoms with Crippen LogP contribution in [0.3, 0.4) is 0 Å². The van der Waals surface area contributed by atoms with Crippen LogP contribution < -0.4 is 5.32 Å². The zero-order valence-electron chi connectivity index (χ0n) is 13.4. The Hall–Kier alpha value is -2.22. The zero-order chi connectivity index (χ0) is 16.2. The van der Waals surface area contributed by atoms with E-state index in [1.165, 1.54) is 0 Å². The highest BCUT2D eigenvalue weighted by molar-refractivity contribution is 5.69. The van der Waals surface area contributed by atoms with Gasteiger partial charge in [-0.05, 0) is 51.8 Å². The molecule has 1 aromatic carbocycles. The third-order valence-corrected chi connectivity index (χ3v) is 3.54. The maximum atomic E-state index is 12.2. The molecule has 118 valence electrons. The number of benzene rings is 1. The van der Waals surface area contributed by atoms with Crippen molar-refractivity contribution in [1.82, 2.24) is 4.90 Å². The summed E-state index contributed by atoms with van der Waals surface area (Å²) in [6.45, 7) is 7.03. The van der Waals surface area contributed by atoms with Gasteiger partial charge in [0.1, 0.15) is 5.60 Å². The van der Waals surface area contributed by atoms with Crippen LogP contribution in [-0.2, 0) is 4.74 Å². The Kier molecular flexibility index (Phi) is 4.92. The van der Waals surface area contributed by atoms with E-state index >= 15 is 0 Å². The second-order valence-electron chi connectivity index (χ2n) is 6.54. The molecule has 1 aliphatic heterocycles. The predicted molar refractivity (Wildman–Crippen MR) is 85.6 cm³/mol. The molecule has 1 saturated heterocycles. The monoisotopic (exact) mass is 301 g/mol. The molecule has 1 amide bonds. The number of carbonyl (C=O) groups excluding carboxylic acids is 1. The van der Waals surface area contributed by atoms with Crippen molar-refractivity contribution >= 4 is 11.8 Å². The topological polar surface area (TPSA) is 65.4 Å². The van der Waals surface area contributed by atoms with Gasteiger partial charge in [-0.2, -0.15) is 5.26 Å². The van der Waals surface area contributed by atoms with E-state index in [4.69, 9.17) is 10.00 Å². The molecule has 5 nitrogen and oxygen atoms in total. The molecule has 1 N–H and O–H groups in total. The van der Waals surface area contributed by atoms with E-state index in [0.717, 1.165) is 25.1 Å². The minimum Gasteiger partial charge on any atom is -0.444 e. The Bertz CT molecular complexity index is 572. The van der Waals surface area contributed by atoms with E-state index < -0.39 is 5.60 Å². The lowest BCUT2D eigenvalue weighted by Gasteiger charge is -2.29. The number of amides is 1. The normalized spacial score (nSPS) is 17.9. The molecule has 5 heteroatoms. The molecular formula is C17H23N3O2. The van der Waals surface area contributed by atoms with Gasteiger partial charge < -0.3 is 15.0 Å². The Morgan fingerprint density at radius 3 is 2.95 bits per heavy atom. The molecule has 22 heavy (non-hydrogen) atoms. The van der Waals surface area contributed by atoms with Crippen LogP contribution >= 0.6 is 0 Å². The summed E-state index contributed by atoms with van der Waals surface area (Å²) in [5.41, 5.74) is 1.05. The van der Waals surface area contributed by atoms with Gasteiger partial charge in [-0.3, -0.25) is 0 Å². The first kappa shape index (κ1) is 16.2. The van der Waals surface area contributed by atoms with E-state index in [-0.39, 0.29) is 12.1 Å². The van der Waals surface area contributed by atoms with Crippen molar-refractivity contribution < 1.29 is 9.53 Å². The van der Waals surface area contributed by atoms with Crippen molar-refractivity contribution in [3.8, 4) is 6.07 Å². The summed E-state index contributed by atoms with van der Waals surface area (Å²) in [4.78, 5) is 14.0. The fourth-order valence-electron chi connectivity index (χ4n) is 2.54. The Morgan fingerprint density at radius 1 is 1.50 bits per heavy atom. The van der Waals surface area contributed by atoms with Crippen LogP contribution in [0.4, 0.5) is 10.5 Å². The van der Waals surface area contributed by atoms with E-state index in [2.05, 4.69) is 11.4 Å². The molecule has 1 atom stereocenters. The van der Waals surface area contributed by atoms with Gasteiger partial charge in [0, 0.05) is 18.8 Å². The van der Waals surface area contributed by atoms with Gasteiger partial charge in [0.05, 0.1) is 17.7 Å². The number of anilines is 1. The largest absolute Gasteiger partial charge is 0.444 e. The average Bonchev–Trinajstić information content (AvgIpc) is 2.92. The van der Waals surface area contributed by atoms with Crippen LogP contribution in [0.5, 0.6) is 0 Å². The standard InChI is InChI=1S/C17H23N3O2/c1-17(2,3)22-16(21)20-9-5-8-15(20)12-19-14-7-4-6-13(10-14)11-18/h4,6-7,10,15,19H,5,8-9,12H2,1-3H3. The third kappa shape index (κ3) is 4.39. The average molecular weight is 301 g/mol. The Labute approximate surface area is 131 Å². The summed E-state index contributed by atoms with van der Waals surface area (Å²) in [6, 6.07) is 9.61. The van der Waals surface area contributed by atoms with Crippen molar-refractivity contribution in [2.45, 2.75) is 45.3 Å². The van der Waals surface area contributed by atoms with Crippen LogP contribution in [-0.4, -0.2) is 35.7 Å². The number of rotatable bonds is 3. The number of nitriles is 1. The summed E-state index contributed by atoms with van der Waals surface area (Å²) in [7, 11) is 0. The van der Waals surface area contributed by atoms with Crippen LogP contribution in [0.2, 0.25) is 0 Å². The van der Waals surface area contributed by atoms with Gasteiger partial charge in [0.2, 0.25) is 0 Å². The highest BCUT2D eigenvalue weighted by atomic mass is 16.6. The summed E-state index contributed by atoms with van der Waals surface area (Å²) < 4.78 is 5.46. The molecule has 2 rings (SSSR count). The van der Waals surface area contributed by atoms with Crippen molar-refractivity contribution in [1.29, 1.82) is 5.26 Å². The molecular weight excluding hydrogens is 278 g/mol. The smallest absolute Gasteiger partial charge is 0.410 e. The summed E-state index contributed by atoms with van der Waals surface area (Å²) in [5.74, 6) is 0.